The summed E-state index contributed by atoms with van der Waals surface area (Å²) in [7, 11) is 1.50. The number of aliphatic hydroxyl groups is 1. The van der Waals surface area contributed by atoms with Crippen LogP contribution in [-0.4, -0.2) is 23.9 Å². The average Bonchev–Trinajstić information content (AvgIpc) is 3.54. The molecule has 3 heterocycles. The highest BCUT2D eigenvalue weighted by Gasteiger charge is 2.46. The number of aryl methyl sites for hydroxylation is 1. The number of ether oxygens (including phenoxy) is 1. The predicted octanol–water partition coefficient (Wildman–Crippen LogP) is 5.78. The van der Waals surface area contributed by atoms with Gasteiger partial charge in [0.15, 0.2) is 22.9 Å². The zero-order valence-corrected chi connectivity index (χ0v) is 18.4. The minimum absolute atomic E-state index is 0.0378. The summed E-state index contributed by atoms with van der Waals surface area (Å²) in [6.45, 7) is 1.84. The fourth-order valence-corrected chi connectivity index (χ4v) is 4.17. The van der Waals surface area contributed by atoms with Gasteiger partial charge in [0.2, 0.25) is 5.78 Å². The summed E-state index contributed by atoms with van der Waals surface area (Å²) >= 11 is 6.29. The normalized spacial score (nSPS) is 16.2. The van der Waals surface area contributed by atoms with Gasteiger partial charge in [-0.15, -0.1) is 0 Å². The van der Waals surface area contributed by atoms with E-state index >= 15 is 0 Å². The molecule has 2 aromatic carbocycles. The van der Waals surface area contributed by atoms with Crippen LogP contribution in [0.3, 0.4) is 0 Å². The second-order valence-corrected chi connectivity index (χ2v) is 8.01. The van der Waals surface area contributed by atoms with Crippen LogP contribution < -0.4 is 9.64 Å². The van der Waals surface area contributed by atoms with E-state index in [1.54, 1.807) is 54.6 Å². The van der Waals surface area contributed by atoms with E-state index in [-0.39, 0.29) is 11.3 Å². The quantitative estimate of drug-likeness (QED) is 0.377. The van der Waals surface area contributed by atoms with Gasteiger partial charge < -0.3 is 18.7 Å². The molecule has 1 N–H and O–H groups in total. The second-order valence-electron chi connectivity index (χ2n) is 7.61. The molecule has 0 fully saturated rings. The van der Waals surface area contributed by atoms with Gasteiger partial charge in [-0.1, -0.05) is 29.8 Å². The maximum Gasteiger partial charge on any atom is 0.294 e. The number of nitrogens with zero attached hydrogens (tertiary/aromatic N) is 1. The molecule has 4 aromatic rings. The minimum Gasteiger partial charge on any atom is -0.503 e. The van der Waals surface area contributed by atoms with Gasteiger partial charge in [-0.2, -0.15) is 0 Å². The molecular formula is C25H18ClNO6. The van der Waals surface area contributed by atoms with Crippen molar-refractivity contribution >= 4 is 39.9 Å². The molecule has 1 aliphatic rings. The van der Waals surface area contributed by atoms with E-state index in [1.807, 2.05) is 6.92 Å². The van der Waals surface area contributed by atoms with E-state index in [4.69, 9.17) is 25.2 Å². The third-order valence-corrected chi connectivity index (χ3v) is 6.06. The summed E-state index contributed by atoms with van der Waals surface area (Å²) in [5.74, 6) is -1.32. The first-order valence-electron chi connectivity index (χ1n) is 10.1. The standard InChI is InChI=1S/C25H18ClNO6/c1-13-8-9-15(12-16(13)26)27-21(17-7-4-10-32-17)20(23(29)25(27)30)22(28)19-11-14-5-3-6-18(31-2)24(14)33-19/h3-12,21,29H,1-2H3. The molecular weight excluding hydrogens is 446 g/mol. The van der Waals surface area contributed by atoms with E-state index in [1.165, 1.54) is 18.3 Å². The van der Waals surface area contributed by atoms with Crippen LogP contribution in [0.4, 0.5) is 5.69 Å². The number of fused-ring (bicyclic) bond motifs is 1. The molecule has 5 rings (SSSR count). The van der Waals surface area contributed by atoms with Gasteiger partial charge in [-0.3, -0.25) is 14.5 Å². The first kappa shape index (κ1) is 20.9. The Kier molecular flexibility index (Phi) is 4.98. The Bertz CT molecular complexity index is 1430. The second kappa shape index (κ2) is 7.86. The largest absolute Gasteiger partial charge is 0.503 e. The number of carbonyl (C=O) groups excluding carboxylic acids is 2. The SMILES string of the molecule is COc1cccc2cc(C(=O)C3=C(O)C(=O)N(c4ccc(C)c(Cl)c4)C3c3ccco3)oc12. The van der Waals surface area contributed by atoms with Gasteiger partial charge in [0, 0.05) is 16.1 Å². The maximum atomic E-state index is 13.6. The lowest BCUT2D eigenvalue weighted by molar-refractivity contribution is -0.117. The highest BCUT2D eigenvalue weighted by Crippen LogP contribution is 2.43. The molecule has 0 spiro atoms. The van der Waals surface area contributed by atoms with Crippen molar-refractivity contribution < 1.29 is 28.3 Å². The molecule has 166 valence electrons. The van der Waals surface area contributed by atoms with Crippen LogP contribution in [0.1, 0.15) is 27.9 Å². The molecule has 0 radical (unpaired) electrons. The molecule has 1 amide bonds. The molecule has 0 saturated heterocycles. The number of anilines is 1. The summed E-state index contributed by atoms with van der Waals surface area (Å²) in [4.78, 5) is 28.0. The zero-order chi connectivity index (χ0) is 23.3. The summed E-state index contributed by atoms with van der Waals surface area (Å²) in [5, 5.41) is 11.9. The van der Waals surface area contributed by atoms with E-state index < -0.39 is 23.5 Å². The fraction of sp³-hybridized carbons (Fsp3) is 0.120. The van der Waals surface area contributed by atoms with Gasteiger partial charge in [-0.25, -0.2) is 0 Å². The molecule has 1 atom stereocenters. The van der Waals surface area contributed by atoms with Gasteiger partial charge in [0.1, 0.15) is 11.8 Å². The summed E-state index contributed by atoms with van der Waals surface area (Å²) in [6, 6.07) is 14.1. The van der Waals surface area contributed by atoms with Crippen molar-refractivity contribution in [3.05, 3.63) is 94.3 Å². The monoisotopic (exact) mass is 463 g/mol. The van der Waals surface area contributed by atoms with E-state index in [0.29, 0.717) is 33.2 Å². The number of furan rings is 2. The number of benzene rings is 2. The number of hydrogen-bond acceptors (Lipinski definition) is 6. The molecule has 0 saturated carbocycles. The van der Waals surface area contributed by atoms with Crippen LogP contribution in [-0.2, 0) is 4.79 Å². The molecule has 33 heavy (non-hydrogen) atoms. The molecule has 7 nitrogen and oxygen atoms in total. The van der Waals surface area contributed by atoms with E-state index in [9.17, 15) is 14.7 Å². The lowest BCUT2D eigenvalue weighted by Gasteiger charge is -2.25. The Hall–Kier alpha value is -3.97. The van der Waals surface area contributed by atoms with Crippen molar-refractivity contribution in [1.29, 1.82) is 0 Å². The number of aliphatic hydroxyl groups excluding tert-OH is 1. The number of amides is 1. The Morgan fingerprint density at radius 2 is 1.97 bits per heavy atom. The Morgan fingerprint density at radius 1 is 1.15 bits per heavy atom. The summed E-state index contributed by atoms with van der Waals surface area (Å²) in [5.41, 5.74) is 1.48. The lowest BCUT2D eigenvalue weighted by atomic mass is 9.99. The minimum atomic E-state index is -1.01. The zero-order valence-electron chi connectivity index (χ0n) is 17.7. The fourth-order valence-electron chi connectivity index (χ4n) is 3.99. The molecule has 8 heteroatoms. The van der Waals surface area contributed by atoms with E-state index in [0.717, 1.165) is 5.56 Å². The Morgan fingerprint density at radius 3 is 2.67 bits per heavy atom. The number of halogens is 1. The first-order chi connectivity index (χ1) is 15.9. The molecule has 2 aromatic heterocycles. The first-order valence-corrected chi connectivity index (χ1v) is 10.5. The van der Waals surface area contributed by atoms with Gasteiger partial charge in [-0.05, 0) is 48.9 Å². The third kappa shape index (κ3) is 3.29. The number of carbonyl (C=O) groups is 2. The lowest BCUT2D eigenvalue weighted by Crippen LogP contribution is -2.30. The van der Waals surface area contributed by atoms with Crippen LogP contribution >= 0.6 is 11.6 Å². The maximum absolute atomic E-state index is 13.6. The average molecular weight is 464 g/mol. The number of methoxy groups -OCH3 is 1. The summed E-state index contributed by atoms with van der Waals surface area (Å²) < 4.78 is 16.6. The number of hydrogen-bond donors (Lipinski definition) is 1. The van der Waals surface area contributed by atoms with Crippen molar-refractivity contribution in [2.45, 2.75) is 13.0 Å². The van der Waals surface area contributed by atoms with Crippen molar-refractivity contribution in [2.75, 3.05) is 12.0 Å². The number of para-hydroxylation sites is 1. The number of Topliss-reactive ketones (excluding diaryl/α,β-unsaturated/α-hetero) is 1. The Balaban J connectivity index is 1.64. The number of ketones is 1. The summed E-state index contributed by atoms with van der Waals surface area (Å²) in [6.07, 6.45) is 1.43. The van der Waals surface area contributed by atoms with Crippen molar-refractivity contribution in [3.63, 3.8) is 0 Å². The highest BCUT2D eigenvalue weighted by atomic mass is 35.5. The molecule has 0 aliphatic carbocycles. The molecule has 1 unspecified atom stereocenters. The molecule has 1 aliphatic heterocycles. The van der Waals surface area contributed by atoms with Gasteiger partial charge in [0.05, 0.1) is 18.9 Å². The van der Waals surface area contributed by atoms with Crippen LogP contribution in [0.5, 0.6) is 5.75 Å². The van der Waals surface area contributed by atoms with Crippen molar-refractivity contribution in [2.24, 2.45) is 0 Å². The predicted molar refractivity (Wildman–Crippen MR) is 122 cm³/mol. The van der Waals surface area contributed by atoms with Crippen molar-refractivity contribution in [1.82, 2.24) is 0 Å². The van der Waals surface area contributed by atoms with Crippen LogP contribution in [0, 0.1) is 6.92 Å². The highest BCUT2D eigenvalue weighted by molar-refractivity contribution is 6.31. The van der Waals surface area contributed by atoms with Crippen LogP contribution in [0.15, 0.2) is 81.0 Å². The number of rotatable bonds is 5. The third-order valence-electron chi connectivity index (χ3n) is 5.65. The van der Waals surface area contributed by atoms with Crippen molar-refractivity contribution in [3.8, 4) is 5.75 Å². The topological polar surface area (TPSA) is 93.1 Å². The van der Waals surface area contributed by atoms with Gasteiger partial charge >= 0.3 is 0 Å². The van der Waals surface area contributed by atoms with Crippen LogP contribution in [0.25, 0.3) is 11.0 Å². The van der Waals surface area contributed by atoms with E-state index in [2.05, 4.69) is 0 Å². The van der Waals surface area contributed by atoms with Gasteiger partial charge in [0.25, 0.3) is 5.91 Å². The smallest absolute Gasteiger partial charge is 0.294 e. The van der Waals surface area contributed by atoms with Crippen LogP contribution in [0.2, 0.25) is 5.02 Å². The Labute approximate surface area is 193 Å². The molecule has 0 bridgehead atoms.